The van der Waals surface area contributed by atoms with Gasteiger partial charge in [0, 0.05) is 31.6 Å². The van der Waals surface area contributed by atoms with E-state index in [1.807, 2.05) is 0 Å². The second-order valence-electron chi connectivity index (χ2n) is 4.94. The molecule has 1 aliphatic rings. The molecule has 1 atom stereocenters. The zero-order valence-corrected chi connectivity index (χ0v) is 11.5. The van der Waals surface area contributed by atoms with Crippen LogP contribution in [0.25, 0.3) is 0 Å². The summed E-state index contributed by atoms with van der Waals surface area (Å²) in [6.45, 7) is 10.6. The van der Waals surface area contributed by atoms with Gasteiger partial charge in [-0.3, -0.25) is 4.79 Å². The highest BCUT2D eigenvalue weighted by atomic mass is 16.1. The molecule has 0 spiro atoms. The van der Waals surface area contributed by atoms with E-state index in [2.05, 4.69) is 36.3 Å². The fraction of sp³-hybridized carbons (Fsp3) is 0.923. The van der Waals surface area contributed by atoms with E-state index in [0.717, 1.165) is 39.0 Å². The monoisotopic (exact) mass is 241 g/mol. The fourth-order valence-electron chi connectivity index (χ4n) is 2.38. The van der Waals surface area contributed by atoms with Crippen LogP contribution in [0.4, 0.5) is 0 Å². The van der Waals surface area contributed by atoms with E-state index in [4.69, 9.17) is 0 Å². The summed E-state index contributed by atoms with van der Waals surface area (Å²) < 4.78 is 0. The van der Waals surface area contributed by atoms with Crippen molar-refractivity contribution in [1.29, 1.82) is 0 Å². The Kier molecular flexibility index (Phi) is 6.52. The highest BCUT2D eigenvalue weighted by molar-refractivity contribution is 5.76. The summed E-state index contributed by atoms with van der Waals surface area (Å²) in [7, 11) is 0. The van der Waals surface area contributed by atoms with Crippen molar-refractivity contribution in [3.05, 3.63) is 0 Å². The van der Waals surface area contributed by atoms with Gasteiger partial charge in [-0.05, 0) is 32.9 Å². The van der Waals surface area contributed by atoms with Gasteiger partial charge in [0.15, 0.2) is 0 Å². The lowest BCUT2D eigenvalue weighted by Crippen LogP contribution is -2.45. The molecule has 0 aliphatic carbocycles. The molecule has 1 rings (SSSR count). The predicted octanol–water partition coefficient (Wildman–Crippen LogP) is 0.975. The maximum absolute atomic E-state index is 11.8. The Balaban J connectivity index is 2.19. The van der Waals surface area contributed by atoms with Crippen LogP contribution < -0.4 is 10.6 Å². The van der Waals surface area contributed by atoms with Crippen LogP contribution in [-0.2, 0) is 4.79 Å². The Labute approximate surface area is 105 Å². The van der Waals surface area contributed by atoms with Crippen LogP contribution in [0.5, 0.6) is 0 Å². The standard InChI is InChI=1S/C13H27N3O/c1-4-14-11(3)10-13(17)15-12-6-8-16(5-2)9-7-12/h11-12,14H,4-10H2,1-3H3,(H,15,17). The number of hydrogen-bond acceptors (Lipinski definition) is 3. The molecule has 0 bridgehead atoms. The van der Waals surface area contributed by atoms with Crippen molar-refractivity contribution in [2.75, 3.05) is 26.2 Å². The first-order valence-corrected chi connectivity index (χ1v) is 6.90. The average Bonchev–Trinajstić information content (AvgIpc) is 2.30. The third-order valence-corrected chi connectivity index (χ3v) is 3.44. The van der Waals surface area contributed by atoms with E-state index in [-0.39, 0.29) is 11.9 Å². The third-order valence-electron chi connectivity index (χ3n) is 3.44. The summed E-state index contributed by atoms with van der Waals surface area (Å²) >= 11 is 0. The molecule has 17 heavy (non-hydrogen) atoms. The van der Waals surface area contributed by atoms with Crippen molar-refractivity contribution < 1.29 is 4.79 Å². The van der Waals surface area contributed by atoms with Crippen LogP contribution in [-0.4, -0.2) is 49.1 Å². The second-order valence-corrected chi connectivity index (χ2v) is 4.94. The minimum absolute atomic E-state index is 0.188. The maximum Gasteiger partial charge on any atom is 0.221 e. The van der Waals surface area contributed by atoms with Crippen molar-refractivity contribution in [2.45, 2.75) is 52.1 Å². The number of amides is 1. The van der Waals surface area contributed by atoms with E-state index in [1.165, 1.54) is 0 Å². The highest BCUT2D eigenvalue weighted by Gasteiger charge is 2.20. The minimum atomic E-state index is 0.188. The molecule has 1 aliphatic heterocycles. The largest absolute Gasteiger partial charge is 0.353 e. The zero-order chi connectivity index (χ0) is 12.7. The normalized spacial score (nSPS) is 20.2. The summed E-state index contributed by atoms with van der Waals surface area (Å²) in [5, 5.41) is 6.41. The smallest absolute Gasteiger partial charge is 0.221 e. The van der Waals surface area contributed by atoms with Crippen molar-refractivity contribution in [3.63, 3.8) is 0 Å². The second kappa shape index (κ2) is 7.67. The Morgan fingerprint density at radius 2 is 2.00 bits per heavy atom. The van der Waals surface area contributed by atoms with Gasteiger partial charge in [-0.15, -0.1) is 0 Å². The van der Waals surface area contributed by atoms with Gasteiger partial charge in [-0.1, -0.05) is 13.8 Å². The molecule has 1 fully saturated rings. The van der Waals surface area contributed by atoms with Gasteiger partial charge in [0.05, 0.1) is 0 Å². The van der Waals surface area contributed by atoms with Gasteiger partial charge < -0.3 is 15.5 Å². The van der Waals surface area contributed by atoms with Crippen LogP contribution in [0.2, 0.25) is 0 Å². The van der Waals surface area contributed by atoms with E-state index in [9.17, 15) is 4.79 Å². The Bertz CT molecular complexity index is 225. The lowest BCUT2D eigenvalue weighted by Gasteiger charge is -2.31. The van der Waals surface area contributed by atoms with Gasteiger partial charge in [0.1, 0.15) is 0 Å². The Hall–Kier alpha value is -0.610. The molecule has 1 heterocycles. The minimum Gasteiger partial charge on any atom is -0.353 e. The van der Waals surface area contributed by atoms with Crippen molar-refractivity contribution in [2.24, 2.45) is 0 Å². The molecule has 1 amide bonds. The lowest BCUT2D eigenvalue weighted by atomic mass is 10.0. The van der Waals surface area contributed by atoms with Crippen LogP contribution in [0.3, 0.4) is 0 Å². The van der Waals surface area contributed by atoms with Gasteiger partial charge in [0.25, 0.3) is 0 Å². The average molecular weight is 241 g/mol. The van der Waals surface area contributed by atoms with Crippen molar-refractivity contribution >= 4 is 5.91 Å². The molecule has 100 valence electrons. The van der Waals surface area contributed by atoms with Crippen molar-refractivity contribution in [3.8, 4) is 0 Å². The quantitative estimate of drug-likeness (QED) is 0.728. The molecular weight excluding hydrogens is 214 g/mol. The first-order chi connectivity index (χ1) is 8.15. The summed E-state index contributed by atoms with van der Waals surface area (Å²) in [5.41, 5.74) is 0. The number of piperidine rings is 1. The molecule has 0 aromatic carbocycles. The Morgan fingerprint density at radius 1 is 1.35 bits per heavy atom. The molecule has 0 aromatic rings. The number of likely N-dealkylation sites (tertiary alicyclic amines) is 1. The van der Waals surface area contributed by atoms with Gasteiger partial charge >= 0.3 is 0 Å². The third kappa shape index (κ3) is 5.50. The first kappa shape index (κ1) is 14.5. The molecule has 0 radical (unpaired) electrons. The number of carbonyl (C=O) groups is 1. The molecule has 0 aromatic heterocycles. The molecule has 1 saturated heterocycles. The fourth-order valence-corrected chi connectivity index (χ4v) is 2.38. The van der Waals surface area contributed by atoms with E-state index >= 15 is 0 Å². The number of nitrogens with zero attached hydrogens (tertiary/aromatic N) is 1. The van der Waals surface area contributed by atoms with E-state index < -0.39 is 0 Å². The zero-order valence-electron chi connectivity index (χ0n) is 11.5. The van der Waals surface area contributed by atoms with Crippen LogP contribution in [0.15, 0.2) is 0 Å². The maximum atomic E-state index is 11.8. The number of rotatable bonds is 6. The van der Waals surface area contributed by atoms with Gasteiger partial charge in [-0.2, -0.15) is 0 Å². The summed E-state index contributed by atoms with van der Waals surface area (Å²) in [6, 6.07) is 0.662. The van der Waals surface area contributed by atoms with Crippen LogP contribution >= 0.6 is 0 Å². The summed E-state index contributed by atoms with van der Waals surface area (Å²) in [4.78, 5) is 14.2. The lowest BCUT2D eigenvalue weighted by molar-refractivity contribution is -0.122. The molecule has 1 unspecified atom stereocenters. The predicted molar refractivity (Wildman–Crippen MR) is 71.0 cm³/mol. The molecule has 4 heteroatoms. The van der Waals surface area contributed by atoms with Gasteiger partial charge in [-0.25, -0.2) is 0 Å². The summed E-state index contributed by atoms with van der Waals surface area (Å²) in [5.74, 6) is 0.188. The summed E-state index contributed by atoms with van der Waals surface area (Å²) in [6.07, 6.45) is 2.77. The highest BCUT2D eigenvalue weighted by Crippen LogP contribution is 2.09. The van der Waals surface area contributed by atoms with Crippen LogP contribution in [0, 0.1) is 0 Å². The number of hydrogen-bond donors (Lipinski definition) is 2. The van der Waals surface area contributed by atoms with E-state index in [1.54, 1.807) is 0 Å². The number of nitrogens with one attached hydrogen (secondary N) is 2. The first-order valence-electron chi connectivity index (χ1n) is 6.90. The molecule has 2 N–H and O–H groups in total. The van der Waals surface area contributed by atoms with Crippen LogP contribution in [0.1, 0.15) is 40.0 Å². The van der Waals surface area contributed by atoms with E-state index in [0.29, 0.717) is 12.5 Å². The van der Waals surface area contributed by atoms with Gasteiger partial charge in [0.2, 0.25) is 5.91 Å². The molecule has 4 nitrogen and oxygen atoms in total. The molecule has 0 saturated carbocycles. The molecular formula is C13H27N3O. The number of carbonyl (C=O) groups excluding carboxylic acids is 1. The SMILES string of the molecule is CCNC(C)CC(=O)NC1CCN(CC)CC1. The van der Waals surface area contributed by atoms with Crippen molar-refractivity contribution in [1.82, 2.24) is 15.5 Å². The Morgan fingerprint density at radius 3 is 2.53 bits per heavy atom. The topological polar surface area (TPSA) is 44.4 Å².